The lowest BCUT2D eigenvalue weighted by Crippen LogP contribution is -2.11. The van der Waals surface area contributed by atoms with E-state index in [4.69, 9.17) is 10.8 Å². The molecule has 0 heterocycles. The minimum Gasteiger partial charge on any atom is -0.396 e. The van der Waals surface area contributed by atoms with Crippen LogP contribution < -0.4 is 5.73 Å². The average molecular weight is 266 g/mol. The zero-order chi connectivity index (χ0) is 12.3. The molecule has 2 rings (SSSR count). The van der Waals surface area contributed by atoms with Crippen molar-refractivity contribution in [2.45, 2.75) is 25.8 Å². The number of benzene rings is 2. The van der Waals surface area contributed by atoms with Crippen LogP contribution >= 0.6 is 12.4 Å². The predicted octanol–water partition coefficient (Wildman–Crippen LogP) is 3.34. The van der Waals surface area contributed by atoms with Gasteiger partial charge in [0.05, 0.1) is 0 Å². The monoisotopic (exact) mass is 265 g/mol. The van der Waals surface area contributed by atoms with Crippen LogP contribution in [0, 0.1) is 6.92 Å². The summed E-state index contributed by atoms with van der Waals surface area (Å²) in [6.07, 6.45) is 1.58. The van der Waals surface area contributed by atoms with Crippen LogP contribution in [0.15, 0.2) is 36.4 Å². The largest absolute Gasteiger partial charge is 0.396 e. The fourth-order valence-corrected chi connectivity index (χ4v) is 2.26. The summed E-state index contributed by atoms with van der Waals surface area (Å²) in [4.78, 5) is 0. The van der Waals surface area contributed by atoms with E-state index in [2.05, 4.69) is 37.3 Å². The molecule has 0 aliphatic rings. The maximum absolute atomic E-state index is 8.86. The molecule has 3 heteroatoms. The molecule has 2 aromatic carbocycles. The zero-order valence-electron chi connectivity index (χ0n) is 10.6. The van der Waals surface area contributed by atoms with E-state index < -0.39 is 0 Å². The highest BCUT2D eigenvalue weighted by Gasteiger charge is 2.10. The SMILES string of the molecule is Cc1ccc([C@@H](N)CCCO)c2ccccc12.Cl. The van der Waals surface area contributed by atoms with Crippen LogP contribution in [0.2, 0.25) is 0 Å². The summed E-state index contributed by atoms with van der Waals surface area (Å²) in [5.41, 5.74) is 8.64. The molecule has 2 nitrogen and oxygen atoms in total. The first-order valence-electron chi connectivity index (χ1n) is 6.08. The van der Waals surface area contributed by atoms with E-state index in [9.17, 15) is 0 Å². The second-order valence-electron chi connectivity index (χ2n) is 4.49. The molecule has 3 N–H and O–H groups in total. The third kappa shape index (κ3) is 3.02. The number of aryl methyl sites for hydroxylation is 1. The van der Waals surface area contributed by atoms with Crippen molar-refractivity contribution in [2.24, 2.45) is 5.73 Å². The Morgan fingerprint density at radius 1 is 1.11 bits per heavy atom. The van der Waals surface area contributed by atoms with E-state index in [-0.39, 0.29) is 25.1 Å². The molecule has 0 saturated carbocycles. The smallest absolute Gasteiger partial charge is 0.0431 e. The molecule has 1 atom stereocenters. The fraction of sp³-hybridized carbons (Fsp3) is 0.333. The van der Waals surface area contributed by atoms with Crippen LogP contribution in [0.3, 0.4) is 0 Å². The van der Waals surface area contributed by atoms with Crippen LogP contribution in [0.5, 0.6) is 0 Å². The van der Waals surface area contributed by atoms with Crippen LogP contribution in [-0.2, 0) is 0 Å². The van der Waals surface area contributed by atoms with Gasteiger partial charge in [-0.05, 0) is 41.7 Å². The first kappa shape index (κ1) is 15.0. The second kappa shape index (κ2) is 6.74. The van der Waals surface area contributed by atoms with Gasteiger partial charge in [0.25, 0.3) is 0 Å². The number of rotatable bonds is 4. The van der Waals surface area contributed by atoms with Crippen molar-refractivity contribution in [1.82, 2.24) is 0 Å². The molecule has 18 heavy (non-hydrogen) atoms. The Morgan fingerprint density at radius 3 is 2.44 bits per heavy atom. The highest BCUT2D eigenvalue weighted by molar-refractivity contribution is 5.88. The van der Waals surface area contributed by atoms with Crippen molar-refractivity contribution in [3.05, 3.63) is 47.5 Å². The molecule has 0 unspecified atom stereocenters. The Bertz CT molecular complexity index is 513. The summed E-state index contributed by atoms with van der Waals surface area (Å²) in [6.45, 7) is 2.32. The minimum atomic E-state index is 0. The normalized spacial score (nSPS) is 12.2. The summed E-state index contributed by atoms with van der Waals surface area (Å²) in [5, 5.41) is 11.4. The highest BCUT2D eigenvalue weighted by Crippen LogP contribution is 2.27. The van der Waals surface area contributed by atoms with Gasteiger partial charge in [-0.1, -0.05) is 36.4 Å². The van der Waals surface area contributed by atoms with Crippen molar-refractivity contribution in [3.8, 4) is 0 Å². The number of aliphatic hydroxyl groups is 1. The van der Waals surface area contributed by atoms with Gasteiger partial charge in [-0.3, -0.25) is 0 Å². The fourth-order valence-electron chi connectivity index (χ4n) is 2.26. The Balaban J connectivity index is 0.00000162. The lowest BCUT2D eigenvalue weighted by Gasteiger charge is -2.15. The Kier molecular flexibility index (Phi) is 5.60. The third-order valence-electron chi connectivity index (χ3n) is 3.25. The maximum atomic E-state index is 8.86. The molecular formula is C15H20ClNO. The molecule has 2 aromatic rings. The van der Waals surface area contributed by atoms with Crippen molar-refractivity contribution >= 4 is 23.2 Å². The van der Waals surface area contributed by atoms with Gasteiger partial charge in [0, 0.05) is 12.6 Å². The van der Waals surface area contributed by atoms with Crippen LogP contribution in [0.4, 0.5) is 0 Å². The molecule has 0 aliphatic carbocycles. The zero-order valence-corrected chi connectivity index (χ0v) is 11.4. The van der Waals surface area contributed by atoms with E-state index in [1.165, 1.54) is 21.9 Å². The maximum Gasteiger partial charge on any atom is 0.0431 e. The molecule has 0 fully saturated rings. The first-order valence-corrected chi connectivity index (χ1v) is 6.08. The molecule has 98 valence electrons. The summed E-state index contributed by atoms with van der Waals surface area (Å²) < 4.78 is 0. The predicted molar refractivity (Wildman–Crippen MR) is 79.2 cm³/mol. The molecule has 0 bridgehead atoms. The van der Waals surface area contributed by atoms with Gasteiger partial charge in [-0.25, -0.2) is 0 Å². The number of aliphatic hydroxyl groups excluding tert-OH is 1. The topological polar surface area (TPSA) is 46.2 Å². The Hall–Kier alpha value is -1.09. The summed E-state index contributed by atoms with van der Waals surface area (Å²) in [5.74, 6) is 0. The van der Waals surface area contributed by atoms with Crippen molar-refractivity contribution < 1.29 is 5.11 Å². The van der Waals surface area contributed by atoms with E-state index >= 15 is 0 Å². The van der Waals surface area contributed by atoms with Gasteiger partial charge < -0.3 is 10.8 Å². The quantitative estimate of drug-likeness (QED) is 0.891. The lowest BCUT2D eigenvalue weighted by molar-refractivity contribution is 0.280. The van der Waals surface area contributed by atoms with Gasteiger partial charge in [0.15, 0.2) is 0 Å². The standard InChI is InChI=1S/C15H19NO.ClH/c1-11-8-9-14(15(16)7-4-10-17)13-6-3-2-5-12(11)13;/h2-3,5-6,8-9,15,17H,4,7,10,16H2,1H3;1H/t15-;/m0./s1. The van der Waals surface area contributed by atoms with E-state index in [1.807, 2.05) is 6.07 Å². The number of hydrogen-bond donors (Lipinski definition) is 2. The Labute approximate surface area is 114 Å². The number of halogens is 1. The number of hydrogen-bond acceptors (Lipinski definition) is 2. The molecule has 0 saturated heterocycles. The molecule has 0 radical (unpaired) electrons. The van der Waals surface area contributed by atoms with E-state index in [0.29, 0.717) is 0 Å². The van der Waals surface area contributed by atoms with Crippen LogP contribution in [0.1, 0.15) is 30.0 Å². The summed E-state index contributed by atoms with van der Waals surface area (Å²) in [6, 6.07) is 12.6. The third-order valence-corrected chi connectivity index (χ3v) is 3.25. The molecule has 0 aliphatic heterocycles. The number of fused-ring (bicyclic) bond motifs is 1. The summed E-state index contributed by atoms with van der Waals surface area (Å²) in [7, 11) is 0. The first-order chi connectivity index (χ1) is 8.24. The highest BCUT2D eigenvalue weighted by atomic mass is 35.5. The van der Waals surface area contributed by atoms with Gasteiger partial charge in [-0.2, -0.15) is 0 Å². The van der Waals surface area contributed by atoms with E-state index in [1.54, 1.807) is 0 Å². The van der Waals surface area contributed by atoms with Crippen molar-refractivity contribution in [1.29, 1.82) is 0 Å². The van der Waals surface area contributed by atoms with Gasteiger partial charge in [0.2, 0.25) is 0 Å². The lowest BCUT2D eigenvalue weighted by atomic mass is 9.94. The second-order valence-corrected chi connectivity index (χ2v) is 4.49. The van der Waals surface area contributed by atoms with Gasteiger partial charge in [-0.15, -0.1) is 12.4 Å². The molecule has 0 spiro atoms. The molecular weight excluding hydrogens is 246 g/mol. The van der Waals surface area contributed by atoms with E-state index in [0.717, 1.165) is 12.8 Å². The van der Waals surface area contributed by atoms with Crippen molar-refractivity contribution in [2.75, 3.05) is 6.61 Å². The molecule has 0 amide bonds. The average Bonchev–Trinajstić information content (AvgIpc) is 2.37. The molecule has 0 aromatic heterocycles. The van der Waals surface area contributed by atoms with Crippen LogP contribution in [-0.4, -0.2) is 11.7 Å². The number of nitrogens with two attached hydrogens (primary N) is 1. The summed E-state index contributed by atoms with van der Waals surface area (Å²) >= 11 is 0. The van der Waals surface area contributed by atoms with Gasteiger partial charge in [0.1, 0.15) is 0 Å². The Morgan fingerprint density at radius 2 is 1.78 bits per heavy atom. The minimum absolute atomic E-state index is 0. The van der Waals surface area contributed by atoms with Gasteiger partial charge >= 0.3 is 0 Å². The van der Waals surface area contributed by atoms with Crippen molar-refractivity contribution in [3.63, 3.8) is 0 Å². The van der Waals surface area contributed by atoms with Crippen LogP contribution in [0.25, 0.3) is 10.8 Å².